The molecule has 0 saturated heterocycles. The van der Waals surface area contributed by atoms with Gasteiger partial charge in [-0.15, -0.1) is 0 Å². The van der Waals surface area contributed by atoms with E-state index in [1.807, 2.05) is 36.5 Å². The number of pyridine rings is 1. The third-order valence-electron chi connectivity index (χ3n) is 9.05. The van der Waals surface area contributed by atoms with Gasteiger partial charge in [0.1, 0.15) is 0 Å². The van der Waals surface area contributed by atoms with Gasteiger partial charge in [-0.2, -0.15) is 5.26 Å². The number of hydrogen-bond acceptors (Lipinski definition) is 3. The van der Waals surface area contributed by atoms with Crippen LogP contribution < -0.4 is 4.90 Å². The van der Waals surface area contributed by atoms with E-state index < -0.39 is 0 Å². The third-order valence-corrected chi connectivity index (χ3v) is 9.05. The first-order chi connectivity index (χ1) is 22.3. The molecule has 3 heteroatoms. The molecular weight excluding hydrogens is 546 g/mol. The summed E-state index contributed by atoms with van der Waals surface area (Å²) in [5, 5.41) is 20.4. The molecule has 9 rings (SSSR count). The van der Waals surface area contributed by atoms with E-state index >= 15 is 0 Å². The molecule has 0 radical (unpaired) electrons. The molecule has 0 N–H and O–H groups in total. The number of nitrogens with zero attached hydrogens (tertiary/aromatic N) is 3. The molecule has 45 heavy (non-hydrogen) atoms. The van der Waals surface area contributed by atoms with E-state index in [0.29, 0.717) is 5.56 Å². The van der Waals surface area contributed by atoms with Crippen molar-refractivity contribution in [2.24, 2.45) is 0 Å². The molecule has 0 saturated carbocycles. The molecule has 208 valence electrons. The largest absolute Gasteiger partial charge is 0.310 e. The standard InChI is InChI=1S/C42H25N3/c43-26-27-10-17-33(18-11-27)45(39-9-3-6-28-5-1-2-8-36(28)39)34-19-14-29(15-20-34)35-21-16-30-12-13-31-25-32-7-4-24-44-42(32)38-23-22-37(35)40(30)41(31)38/h1-25H. The van der Waals surface area contributed by atoms with Crippen LogP contribution in [0, 0.1) is 11.3 Å². The van der Waals surface area contributed by atoms with Crippen LogP contribution in [-0.4, -0.2) is 4.98 Å². The quantitative estimate of drug-likeness (QED) is 0.156. The summed E-state index contributed by atoms with van der Waals surface area (Å²) in [7, 11) is 0. The summed E-state index contributed by atoms with van der Waals surface area (Å²) in [6.07, 6.45) is 1.88. The Kier molecular flexibility index (Phi) is 5.57. The summed E-state index contributed by atoms with van der Waals surface area (Å²) in [6, 6.07) is 53.6. The van der Waals surface area contributed by atoms with Gasteiger partial charge in [0.2, 0.25) is 0 Å². The van der Waals surface area contributed by atoms with Crippen molar-refractivity contribution in [3.63, 3.8) is 0 Å². The lowest BCUT2D eigenvalue weighted by Gasteiger charge is -2.27. The molecule has 0 fully saturated rings. The number of anilines is 3. The molecule has 0 spiro atoms. The molecule has 0 aliphatic heterocycles. The van der Waals surface area contributed by atoms with Crippen molar-refractivity contribution in [2.45, 2.75) is 0 Å². The van der Waals surface area contributed by atoms with E-state index in [9.17, 15) is 5.26 Å². The summed E-state index contributed by atoms with van der Waals surface area (Å²) >= 11 is 0. The van der Waals surface area contributed by atoms with Gasteiger partial charge in [0.15, 0.2) is 0 Å². The maximum atomic E-state index is 9.43. The average Bonchev–Trinajstić information content (AvgIpc) is 3.11. The molecule has 9 aromatic rings. The molecule has 8 aromatic carbocycles. The molecule has 1 aromatic heterocycles. The molecule has 0 unspecified atom stereocenters. The van der Waals surface area contributed by atoms with Crippen LogP contribution in [0.2, 0.25) is 0 Å². The fourth-order valence-corrected chi connectivity index (χ4v) is 6.98. The lowest BCUT2D eigenvalue weighted by atomic mass is 9.89. The van der Waals surface area contributed by atoms with Crippen LogP contribution in [-0.2, 0) is 0 Å². The van der Waals surface area contributed by atoms with Gasteiger partial charge in [0.05, 0.1) is 22.8 Å². The van der Waals surface area contributed by atoms with Crippen molar-refractivity contribution in [1.82, 2.24) is 4.98 Å². The van der Waals surface area contributed by atoms with E-state index in [0.717, 1.165) is 33.5 Å². The first kappa shape index (κ1) is 25.3. The van der Waals surface area contributed by atoms with Crippen molar-refractivity contribution in [3.8, 4) is 17.2 Å². The zero-order valence-corrected chi connectivity index (χ0v) is 24.3. The average molecular weight is 572 g/mol. The maximum Gasteiger partial charge on any atom is 0.0991 e. The molecule has 3 nitrogen and oxygen atoms in total. The van der Waals surface area contributed by atoms with Gasteiger partial charge in [-0.05, 0) is 98.0 Å². The van der Waals surface area contributed by atoms with E-state index in [2.05, 4.69) is 126 Å². The van der Waals surface area contributed by atoms with Crippen molar-refractivity contribution in [2.75, 3.05) is 4.90 Å². The first-order valence-electron chi connectivity index (χ1n) is 15.1. The Labute approximate surface area is 260 Å². The highest BCUT2D eigenvalue weighted by Gasteiger charge is 2.17. The predicted molar refractivity (Wildman–Crippen MR) is 188 cm³/mol. The van der Waals surface area contributed by atoms with E-state index in [4.69, 9.17) is 4.98 Å². The lowest BCUT2D eigenvalue weighted by Crippen LogP contribution is -2.10. The van der Waals surface area contributed by atoms with Crippen molar-refractivity contribution < 1.29 is 0 Å². The Hall–Kier alpha value is -6.24. The highest BCUT2D eigenvalue weighted by Crippen LogP contribution is 2.43. The number of benzene rings is 8. The Morgan fingerprint density at radius 3 is 2.04 bits per heavy atom. The van der Waals surface area contributed by atoms with Crippen molar-refractivity contribution >= 4 is 71.1 Å². The van der Waals surface area contributed by atoms with Crippen LogP contribution in [0.5, 0.6) is 0 Å². The second-order valence-electron chi connectivity index (χ2n) is 11.5. The molecule has 0 amide bonds. The predicted octanol–water partition coefficient (Wildman–Crippen LogP) is 11.3. The topological polar surface area (TPSA) is 39.9 Å². The molecule has 1 heterocycles. The van der Waals surface area contributed by atoms with Crippen molar-refractivity contribution in [3.05, 3.63) is 157 Å². The molecular formula is C42H25N3. The number of nitriles is 1. The smallest absolute Gasteiger partial charge is 0.0991 e. The highest BCUT2D eigenvalue weighted by atomic mass is 15.1. The third kappa shape index (κ3) is 3.94. The van der Waals surface area contributed by atoms with E-state index in [-0.39, 0.29) is 0 Å². The number of rotatable bonds is 4. The summed E-state index contributed by atoms with van der Waals surface area (Å²) in [5.74, 6) is 0. The SMILES string of the molecule is N#Cc1ccc(N(c2ccc(-c3ccc4ccc5cc6cccnc6c6ccc3c4c56)cc2)c2cccc3ccccc23)cc1. The summed E-state index contributed by atoms with van der Waals surface area (Å²) < 4.78 is 0. The maximum absolute atomic E-state index is 9.43. The summed E-state index contributed by atoms with van der Waals surface area (Å²) in [4.78, 5) is 7.02. The lowest BCUT2D eigenvalue weighted by molar-refractivity contribution is 1.29. The summed E-state index contributed by atoms with van der Waals surface area (Å²) in [6.45, 7) is 0. The zero-order chi connectivity index (χ0) is 29.9. The van der Waals surface area contributed by atoms with Crippen LogP contribution in [0.25, 0.3) is 65.1 Å². The number of hydrogen-bond donors (Lipinski definition) is 0. The Morgan fingerprint density at radius 1 is 0.511 bits per heavy atom. The first-order valence-corrected chi connectivity index (χ1v) is 15.1. The van der Waals surface area contributed by atoms with Gasteiger partial charge >= 0.3 is 0 Å². The Morgan fingerprint density at radius 2 is 1.20 bits per heavy atom. The highest BCUT2D eigenvalue weighted by molar-refractivity contribution is 6.30. The van der Waals surface area contributed by atoms with Gasteiger partial charge in [-0.25, -0.2) is 0 Å². The van der Waals surface area contributed by atoms with Gasteiger partial charge in [0, 0.05) is 33.7 Å². The van der Waals surface area contributed by atoms with Crippen LogP contribution in [0.1, 0.15) is 5.56 Å². The van der Waals surface area contributed by atoms with Crippen molar-refractivity contribution in [1.29, 1.82) is 5.26 Å². The number of aromatic nitrogens is 1. The van der Waals surface area contributed by atoms with Crippen LogP contribution in [0.3, 0.4) is 0 Å². The monoisotopic (exact) mass is 571 g/mol. The van der Waals surface area contributed by atoms with E-state index in [1.54, 1.807) is 0 Å². The minimum absolute atomic E-state index is 0.643. The molecule has 0 atom stereocenters. The van der Waals surface area contributed by atoms with Gasteiger partial charge in [0.25, 0.3) is 0 Å². The van der Waals surface area contributed by atoms with Gasteiger partial charge < -0.3 is 4.90 Å². The molecule has 0 aliphatic rings. The normalized spacial score (nSPS) is 11.5. The fourth-order valence-electron chi connectivity index (χ4n) is 6.98. The second kappa shape index (κ2) is 9.91. The van der Waals surface area contributed by atoms with Gasteiger partial charge in [-0.1, -0.05) is 91.0 Å². The van der Waals surface area contributed by atoms with Crippen LogP contribution in [0.4, 0.5) is 17.1 Å². The fraction of sp³-hybridized carbons (Fsp3) is 0. The summed E-state index contributed by atoms with van der Waals surface area (Å²) in [5.41, 5.74) is 7.21. The second-order valence-corrected chi connectivity index (χ2v) is 11.5. The Bertz CT molecular complexity index is 2590. The van der Waals surface area contributed by atoms with E-state index in [1.165, 1.54) is 48.7 Å². The molecule has 0 aliphatic carbocycles. The van der Waals surface area contributed by atoms with Crippen LogP contribution >= 0.6 is 0 Å². The minimum Gasteiger partial charge on any atom is -0.310 e. The number of fused-ring (bicyclic) bond motifs is 3. The van der Waals surface area contributed by atoms with Crippen LogP contribution in [0.15, 0.2) is 152 Å². The van der Waals surface area contributed by atoms with Gasteiger partial charge in [-0.3, -0.25) is 4.98 Å². The minimum atomic E-state index is 0.643. The Balaban J connectivity index is 1.21. The zero-order valence-electron chi connectivity index (χ0n) is 24.3. The molecule has 0 bridgehead atoms.